The van der Waals surface area contributed by atoms with Gasteiger partial charge in [-0.3, -0.25) is 4.79 Å². The Hall–Kier alpha value is -0.590. The molecule has 0 aromatic heterocycles. The zero-order valence-corrected chi connectivity index (χ0v) is 7.34. The van der Waals surface area contributed by atoms with Gasteiger partial charge in [-0.25, -0.2) is 0 Å². The van der Waals surface area contributed by atoms with Gasteiger partial charge in [-0.05, 0) is 18.8 Å². The highest BCUT2D eigenvalue weighted by Crippen LogP contribution is 2.22. The monoisotopic (exact) mass is 152 g/mol. The molecule has 0 amide bonds. The Morgan fingerprint density at radius 3 is 2.73 bits per heavy atom. The lowest BCUT2D eigenvalue weighted by Gasteiger charge is -2.00. The van der Waals surface area contributed by atoms with Crippen molar-refractivity contribution in [3.05, 3.63) is 12.2 Å². The van der Waals surface area contributed by atoms with Crippen LogP contribution < -0.4 is 0 Å². The third-order valence-corrected chi connectivity index (χ3v) is 2.08. The summed E-state index contributed by atoms with van der Waals surface area (Å²) in [6, 6.07) is 0. The van der Waals surface area contributed by atoms with Gasteiger partial charge >= 0.3 is 0 Å². The highest BCUT2D eigenvalue weighted by Gasteiger charge is 2.21. The maximum absolute atomic E-state index is 11.1. The van der Waals surface area contributed by atoms with Crippen molar-refractivity contribution in [2.45, 2.75) is 33.1 Å². The van der Waals surface area contributed by atoms with E-state index in [9.17, 15) is 4.79 Å². The number of hydrogen-bond acceptors (Lipinski definition) is 1. The summed E-state index contributed by atoms with van der Waals surface area (Å²) in [4.78, 5) is 11.1. The summed E-state index contributed by atoms with van der Waals surface area (Å²) in [6.07, 6.45) is 7.18. The first-order chi connectivity index (χ1) is 5.20. The van der Waals surface area contributed by atoms with Gasteiger partial charge in [-0.15, -0.1) is 0 Å². The molecule has 0 unspecified atom stereocenters. The van der Waals surface area contributed by atoms with E-state index < -0.39 is 0 Å². The van der Waals surface area contributed by atoms with Crippen molar-refractivity contribution >= 4 is 5.78 Å². The summed E-state index contributed by atoms with van der Waals surface area (Å²) in [5.41, 5.74) is 0. The normalized spacial score (nSPS) is 25.7. The van der Waals surface area contributed by atoms with Crippen LogP contribution in [0.3, 0.4) is 0 Å². The molecule has 0 aromatic rings. The van der Waals surface area contributed by atoms with Crippen LogP contribution in [-0.4, -0.2) is 5.78 Å². The predicted octanol–water partition coefficient (Wildman–Crippen LogP) is 2.57. The van der Waals surface area contributed by atoms with Crippen LogP contribution in [-0.2, 0) is 4.79 Å². The van der Waals surface area contributed by atoms with Gasteiger partial charge in [-0.1, -0.05) is 26.0 Å². The van der Waals surface area contributed by atoms with Gasteiger partial charge in [0.1, 0.15) is 5.78 Å². The zero-order chi connectivity index (χ0) is 8.27. The van der Waals surface area contributed by atoms with Crippen LogP contribution in [0.4, 0.5) is 0 Å². The van der Waals surface area contributed by atoms with Crippen LogP contribution in [0.25, 0.3) is 0 Å². The largest absolute Gasteiger partial charge is 0.299 e. The lowest BCUT2D eigenvalue weighted by Crippen LogP contribution is -2.02. The van der Waals surface area contributed by atoms with Gasteiger partial charge in [0.05, 0.1) is 0 Å². The van der Waals surface area contributed by atoms with E-state index in [1.807, 2.05) is 0 Å². The molecule has 0 bridgehead atoms. The Balaban J connectivity index is 2.42. The summed E-state index contributed by atoms with van der Waals surface area (Å²) in [5, 5.41) is 0. The Labute approximate surface area is 68.5 Å². The number of carbonyl (C=O) groups is 1. The number of hydrogen-bond donors (Lipinski definition) is 0. The topological polar surface area (TPSA) is 17.1 Å². The lowest BCUT2D eigenvalue weighted by molar-refractivity contribution is -0.119. The molecule has 0 aromatic carbocycles. The lowest BCUT2D eigenvalue weighted by atomic mass is 10.0. The standard InChI is InChI=1S/C10H16O/c1-8(2)6-7-9-4-3-5-10(9)11/h6-9H,3-5H2,1-2H3/b7-6+/t9-/m0/s1. The molecule has 0 heterocycles. The first-order valence-corrected chi connectivity index (χ1v) is 4.41. The number of ketones is 1. The molecule has 1 aliphatic carbocycles. The molecule has 0 saturated heterocycles. The molecule has 1 heteroatoms. The maximum Gasteiger partial charge on any atom is 0.139 e. The van der Waals surface area contributed by atoms with E-state index in [2.05, 4.69) is 26.0 Å². The Morgan fingerprint density at radius 1 is 1.55 bits per heavy atom. The minimum atomic E-state index is 0.248. The summed E-state index contributed by atoms with van der Waals surface area (Å²) in [5.74, 6) is 1.25. The van der Waals surface area contributed by atoms with E-state index in [1.54, 1.807) is 0 Å². The van der Waals surface area contributed by atoms with E-state index >= 15 is 0 Å². The smallest absolute Gasteiger partial charge is 0.139 e. The van der Waals surface area contributed by atoms with E-state index in [4.69, 9.17) is 0 Å². The van der Waals surface area contributed by atoms with Crippen molar-refractivity contribution < 1.29 is 4.79 Å². The Morgan fingerprint density at radius 2 is 2.27 bits per heavy atom. The van der Waals surface area contributed by atoms with Crippen LogP contribution in [0.1, 0.15) is 33.1 Å². The molecule has 1 rings (SSSR count). The fourth-order valence-corrected chi connectivity index (χ4v) is 1.40. The number of carbonyl (C=O) groups excluding carboxylic acids is 1. The van der Waals surface area contributed by atoms with E-state index in [0.717, 1.165) is 19.3 Å². The fourth-order valence-electron chi connectivity index (χ4n) is 1.40. The second kappa shape index (κ2) is 3.70. The molecule has 1 nitrogen and oxygen atoms in total. The average Bonchev–Trinajstić information content (AvgIpc) is 2.31. The quantitative estimate of drug-likeness (QED) is 0.556. The molecule has 1 aliphatic rings. The highest BCUT2D eigenvalue weighted by atomic mass is 16.1. The van der Waals surface area contributed by atoms with Crippen molar-refractivity contribution in [1.29, 1.82) is 0 Å². The third kappa shape index (κ3) is 2.49. The zero-order valence-electron chi connectivity index (χ0n) is 7.34. The molecule has 1 saturated carbocycles. The van der Waals surface area contributed by atoms with Crippen molar-refractivity contribution in [2.75, 3.05) is 0 Å². The number of rotatable bonds is 2. The van der Waals surface area contributed by atoms with Crippen molar-refractivity contribution in [1.82, 2.24) is 0 Å². The minimum absolute atomic E-state index is 0.248. The van der Waals surface area contributed by atoms with Crippen LogP contribution in [0.15, 0.2) is 12.2 Å². The molecular weight excluding hydrogens is 136 g/mol. The summed E-state index contributed by atoms with van der Waals surface area (Å²) >= 11 is 0. The van der Waals surface area contributed by atoms with Crippen molar-refractivity contribution in [3.63, 3.8) is 0 Å². The van der Waals surface area contributed by atoms with Gasteiger partial charge in [0.15, 0.2) is 0 Å². The van der Waals surface area contributed by atoms with Gasteiger partial charge in [0, 0.05) is 12.3 Å². The Bertz CT molecular complexity index is 168. The van der Waals surface area contributed by atoms with Gasteiger partial charge in [-0.2, -0.15) is 0 Å². The number of Topliss-reactive ketones (excluding diaryl/α,β-unsaturated/α-hetero) is 1. The SMILES string of the molecule is CC(C)/C=C/[C@@H]1CCCC1=O. The molecule has 11 heavy (non-hydrogen) atoms. The summed E-state index contributed by atoms with van der Waals surface area (Å²) in [7, 11) is 0. The van der Waals surface area contributed by atoms with Crippen LogP contribution in [0, 0.1) is 11.8 Å². The summed E-state index contributed by atoms with van der Waals surface area (Å²) in [6.45, 7) is 4.27. The van der Waals surface area contributed by atoms with Crippen molar-refractivity contribution in [3.8, 4) is 0 Å². The predicted molar refractivity (Wildman–Crippen MR) is 46.3 cm³/mol. The molecule has 1 fully saturated rings. The van der Waals surface area contributed by atoms with E-state index in [-0.39, 0.29) is 5.92 Å². The second-order valence-electron chi connectivity index (χ2n) is 3.59. The Kier molecular flexibility index (Phi) is 2.86. The van der Waals surface area contributed by atoms with Crippen molar-refractivity contribution in [2.24, 2.45) is 11.8 Å². The first-order valence-electron chi connectivity index (χ1n) is 4.41. The average molecular weight is 152 g/mol. The van der Waals surface area contributed by atoms with Crippen LogP contribution >= 0.6 is 0 Å². The third-order valence-electron chi connectivity index (χ3n) is 2.08. The van der Waals surface area contributed by atoms with Gasteiger partial charge in [0.25, 0.3) is 0 Å². The molecular formula is C10H16O. The number of allylic oxidation sites excluding steroid dienone is 2. The maximum atomic E-state index is 11.1. The van der Waals surface area contributed by atoms with E-state index in [0.29, 0.717) is 11.7 Å². The second-order valence-corrected chi connectivity index (χ2v) is 3.59. The van der Waals surface area contributed by atoms with Gasteiger partial charge in [0.2, 0.25) is 0 Å². The molecule has 0 spiro atoms. The summed E-state index contributed by atoms with van der Waals surface area (Å²) < 4.78 is 0. The molecule has 0 aliphatic heterocycles. The minimum Gasteiger partial charge on any atom is -0.299 e. The fraction of sp³-hybridized carbons (Fsp3) is 0.700. The van der Waals surface area contributed by atoms with Gasteiger partial charge < -0.3 is 0 Å². The molecule has 0 radical (unpaired) electrons. The highest BCUT2D eigenvalue weighted by molar-refractivity contribution is 5.84. The first kappa shape index (κ1) is 8.51. The molecule has 62 valence electrons. The van der Waals surface area contributed by atoms with E-state index in [1.165, 1.54) is 0 Å². The molecule has 1 atom stereocenters. The van der Waals surface area contributed by atoms with Crippen LogP contribution in [0.2, 0.25) is 0 Å². The van der Waals surface area contributed by atoms with Crippen LogP contribution in [0.5, 0.6) is 0 Å². The molecule has 0 N–H and O–H groups in total.